The minimum atomic E-state index is 0.0843. The highest BCUT2D eigenvalue weighted by atomic mass is 32.2. The predicted molar refractivity (Wildman–Crippen MR) is 249 cm³/mol. The summed E-state index contributed by atoms with van der Waals surface area (Å²) >= 11 is 1.89. The van der Waals surface area contributed by atoms with Gasteiger partial charge in [0.25, 0.3) is 0 Å². The molecule has 276 valence electrons. The van der Waals surface area contributed by atoms with Crippen LogP contribution in [0.3, 0.4) is 0 Å². The Kier molecular flexibility index (Phi) is 7.01. The van der Waals surface area contributed by atoms with Crippen LogP contribution in [0, 0.1) is 0 Å². The number of allylic oxidation sites excluding steroid dienone is 4. The van der Waals surface area contributed by atoms with Crippen LogP contribution in [0.15, 0.2) is 216 Å². The van der Waals surface area contributed by atoms with Crippen molar-refractivity contribution in [2.75, 3.05) is 0 Å². The number of hydrogen-bond acceptors (Lipinski definition) is 2. The highest BCUT2D eigenvalue weighted by Gasteiger charge is 2.27. The molecule has 0 amide bonds. The van der Waals surface area contributed by atoms with Crippen molar-refractivity contribution in [3.8, 4) is 27.9 Å². The largest absolute Gasteiger partial charge is 0.361 e. The van der Waals surface area contributed by atoms with Gasteiger partial charge in [-0.05, 0) is 105 Å². The van der Waals surface area contributed by atoms with Crippen molar-refractivity contribution in [1.29, 1.82) is 0 Å². The molecule has 10 aromatic rings. The van der Waals surface area contributed by atoms with E-state index in [2.05, 4.69) is 215 Å². The summed E-state index contributed by atoms with van der Waals surface area (Å²) < 4.78 is 4.87. The fraction of sp³-hybridized carbons (Fsp3) is 0.0182. The van der Waals surface area contributed by atoms with Crippen molar-refractivity contribution in [3.63, 3.8) is 0 Å². The molecule has 0 saturated carbocycles. The molecule has 1 atom stereocenters. The quantitative estimate of drug-likeness (QED) is 0.193. The summed E-state index contributed by atoms with van der Waals surface area (Å²) in [6, 6.07) is 62.7. The summed E-state index contributed by atoms with van der Waals surface area (Å²) in [6.07, 6.45) is 11.1. The lowest BCUT2D eigenvalue weighted by molar-refractivity contribution is 0.783. The molecule has 1 aliphatic carbocycles. The number of para-hydroxylation sites is 2. The second-order valence-electron chi connectivity index (χ2n) is 15.7. The van der Waals surface area contributed by atoms with Crippen molar-refractivity contribution >= 4 is 77.5 Å². The number of rotatable bonds is 4. The van der Waals surface area contributed by atoms with E-state index in [0.29, 0.717) is 0 Å². The van der Waals surface area contributed by atoms with Gasteiger partial charge >= 0.3 is 0 Å². The number of aromatic nitrogens is 2. The molecule has 3 nitrogen and oxygen atoms in total. The third-order valence-corrected chi connectivity index (χ3v) is 13.6. The molecule has 0 saturated heterocycles. The summed E-state index contributed by atoms with van der Waals surface area (Å²) in [5, 5.41) is 11.6. The van der Waals surface area contributed by atoms with Crippen molar-refractivity contribution in [2.45, 2.75) is 15.8 Å². The lowest BCUT2D eigenvalue weighted by Crippen LogP contribution is -2.33. The Labute approximate surface area is 345 Å². The summed E-state index contributed by atoms with van der Waals surface area (Å²) in [5.74, 6) is 1.08. The van der Waals surface area contributed by atoms with E-state index < -0.39 is 0 Å². The predicted octanol–water partition coefficient (Wildman–Crippen LogP) is 14.2. The molecular weight excluding hydrogens is 735 g/mol. The monoisotopic (exact) mass is 769 g/mol. The minimum Gasteiger partial charge on any atom is -0.361 e. The van der Waals surface area contributed by atoms with Gasteiger partial charge in [-0.15, -0.1) is 0 Å². The second-order valence-corrected chi connectivity index (χ2v) is 16.8. The van der Waals surface area contributed by atoms with E-state index in [-0.39, 0.29) is 6.04 Å². The van der Waals surface area contributed by atoms with Gasteiger partial charge in [0.15, 0.2) is 0 Å². The fourth-order valence-corrected chi connectivity index (χ4v) is 11.1. The smallest absolute Gasteiger partial charge is 0.112 e. The van der Waals surface area contributed by atoms with E-state index in [0.717, 1.165) is 5.82 Å². The maximum atomic E-state index is 3.90. The molecule has 0 fully saturated rings. The van der Waals surface area contributed by atoms with Gasteiger partial charge in [0.2, 0.25) is 0 Å². The zero-order valence-electron chi connectivity index (χ0n) is 31.9. The third kappa shape index (κ3) is 4.84. The first-order valence-corrected chi connectivity index (χ1v) is 21.1. The first-order chi connectivity index (χ1) is 29.3. The van der Waals surface area contributed by atoms with Gasteiger partial charge in [0.1, 0.15) is 5.82 Å². The van der Waals surface area contributed by atoms with Gasteiger partial charge in [-0.3, -0.25) is 4.57 Å². The summed E-state index contributed by atoms with van der Waals surface area (Å²) in [5.41, 5.74) is 14.8. The van der Waals surface area contributed by atoms with Gasteiger partial charge in [-0.25, -0.2) is 0 Å². The molecule has 1 unspecified atom stereocenters. The maximum Gasteiger partial charge on any atom is 0.112 e. The number of nitrogens with one attached hydrogen (secondary N) is 1. The Hall–Kier alpha value is -7.27. The normalized spacial score (nSPS) is 15.6. The molecule has 2 aromatic heterocycles. The fourth-order valence-electron chi connectivity index (χ4n) is 9.94. The van der Waals surface area contributed by atoms with Crippen LogP contribution in [-0.2, 0) is 0 Å². The summed E-state index contributed by atoms with van der Waals surface area (Å²) in [7, 11) is 0. The highest BCUT2D eigenvalue weighted by molar-refractivity contribution is 7.99. The van der Waals surface area contributed by atoms with E-state index in [1.807, 2.05) is 11.8 Å². The Morgan fingerprint density at radius 3 is 2.02 bits per heavy atom. The van der Waals surface area contributed by atoms with E-state index in [4.69, 9.17) is 0 Å². The standard InChI is InChI=1S/C55H35N3S/c1-3-14-34(15-4-1)43-32-53(56-46-23-10-7-18-38(43)46)58-47-24-11-8-19-39(47)44-30-35(26-28-48(44)58)36-27-29-49-45(31-36)54-42-22-13-21-41-40-20-9-12-25-51(40)59-52(55(41)42)33-50(54)57(49)37-16-5-2-6-17-37/h1-33,46,56H. The van der Waals surface area contributed by atoms with Crippen LogP contribution in [0.25, 0.3) is 93.7 Å². The molecule has 59 heavy (non-hydrogen) atoms. The first-order valence-electron chi connectivity index (χ1n) is 20.3. The average Bonchev–Trinajstić information content (AvgIpc) is 3.81. The molecule has 0 radical (unpaired) electrons. The van der Waals surface area contributed by atoms with E-state index in [9.17, 15) is 0 Å². The Morgan fingerprint density at radius 1 is 0.458 bits per heavy atom. The molecule has 8 aromatic carbocycles. The van der Waals surface area contributed by atoms with E-state index in [1.54, 1.807) is 0 Å². The van der Waals surface area contributed by atoms with Crippen molar-refractivity contribution in [1.82, 2.24) is 14.5 Å². The lowest BCUT2D eigenvalue weighted by Gasteiger charge is -2.30. The van der Waals surface area contributed by atoms with Crippen LogP contribution in [0.1, 0.15) is 5.56 Å². The Morgan fingerprint density at radius 2 is 1.15 bits per heavy atom. The van der Waals surface area contributed by atoms with Gasteiger partial charge in [-0.1, -0.05) is 151 Å². The van der Waals surface area contributed by atoms with E-state index in [1.165, 1.54) is 109 Å². The van der Waals surface area contributed by atoms with Crippen LogP contribution < -0.4 is 5.32 Å². The zero-order chi connectivity index (χ0) is 38.6. The van der Waals surface area contributed by atoms with Gasteiger partial charge in [0, 0.05) is 42.4 Å². The molecule has 0 bridgehead atoms. The molecule has 4 heterocycles. The lowest BCUT2D eigenvalue weighted by atomic mass is 9.89. The highest BCUT2D eigenvalue weighted by Crippen LogP contribution is 2.51. The first kappa shape index (κ1) is 32.8. The SMILES string of the molecule is C1=CC2=C(c3ccccc3)C=C(n3c4ccccc4c4cc(-c5ccc6c(c5)c5c7cccc8c7c(cc5n6-c5ccccc5)Sc5ccccc5-8)ccc43)NC2C=C1. The van der Waals surface area contributed by atoms with Crippen molar-refractivity contribution < 1.29 is 0 Å². The van der Waals surface area contributed by atoms with Crippen LogP contribution >= 0.6 is 11.8 Å². The Balaban J connectivity index is 1.03. The van der Waals surface area contributed by atoms with Crippen LogP contribution in [0.5, 0.6) is 0 Å². The summed E-state index contributed by atoms with van der Waals surface area (Å²) in [4.78, 5) is 2.62. The van der Waals surface area contributed by atoms with E-state index >= 15 is 0 Å². The molecule has 1 N–H and O–H groups in total. The van der Waals surface area contributed by atoms with Gasteiger partial charge < -0.3 is 9.88 Å². The third-order valence-electron chi connectivity index (χ3n) is 12.5. The van der Waals surface area contributed by atoms with Crippen LogP contribution in [-0.4, -0.2) is 15.2 Å². The number of nitrogens with zero attached hydrogens (tertiary/aromatic N) is 2. The second kappa shape index (κ2) is 12.6. The molecule has 13 rings (SSSR count). The number of dihydropyridines is 1. The molecule has 3 aliphatic rings. The average molecular weight is 770 g/mol. The Bertz CT molecular complexity index is 3540. The minimum absolute atomic E-state index is 0.0843. The molecule has 0 spiro atoms. The number of benzene rings is 8. The van der Waals surface area contributed by atoms with Crippen molar-refractivity contribution in [3.05, 3.63) is 211 Å². The molecule has 2 aliphatic heterocycles. The number of hydrogen-bond donors (Lipinski definition) is 1. The molecule has 4 heteroatoms. The maximum absolute atomic E-state index is 3.90. The topological polar surface area (TPSA) is 21.9 Å². The van der Waals surface area contributed by atoms with Crippen molar-refractivity contribution in [2.24, 2.45) is 0 Å². The summed E-state index contributed by atoms with van der Waals surface area (Å²) in [6.45, 7) is 0. The van der Waals surface area contributed by atoms with Gasteiger partial charge in [-0.2, -0.15) is 0 Å². The van der Waals surface area contributed by atoms with Crippen LogP contribution in [0.2, 0.25) is 0 Å². The van der Waals surface area contributed by atoms with Gasteiger partial charge in [0.05, 0.1) is 28.1 Å². The zero-order valence-corrected chi connectivity index (χ0v) is 32.7. The molecular formula is C55H35N3S. The number of fused-ring (bicyclic) bond motifs is 10. The van der Waals surface area contributed by atoms with Crippen LogP contribution in [0.4, 0.5) is 0 Å².